The normalized spacial score (nSPS) is 14.3. The van der Waals surface area contributed by atoms with Crippen molar-refractivity contribution >= 4 is 0 Å². The van der Waals surface area contributed by atoms with Crippen molar-refractivity contribution in [3.8, 4) is 12.3 Å². The maximum atomic E-state index is 5.42. The summed E-state index contributed by atoms with van der Waals surface area (Å²) in [4.78, 5) is 0. The molecular weight excluding hydrogens is 182 g/mol. The van der Waals surface area contributed by atoms with Crippen LogP contribution < -0.4 is 5.32 Å². The molecule has 1 aromatic carbocycles. The van der Waals surface area contributed by atoms with Crippen LogP contribution in [0.2, 0.25) is 0 Å². The van der Waals surface area contributed by atoms with Gasteiger partial charge in [0.25, 0.3) is 0 Å². The quantitative estimate of drug-likeness (QED) is 0.738. The molecule has 0 aliphatic carbocycles. The zero-order valence-corrected chi connectivity index (χ0v) is 9.75. The van der Waals surface area contributed by atoms with E-state index in [0.717, 1.165) is 6.42 Å². The van der Waals surface area contributed by atoms with Gasteiger partial charge in [-0.05, 0) is 25.8 Å². The zero-order valence-electron chi connectivity index (χ0n) is 9.75. The van der Waals surface area contributed by atoms with Crippen molar-refractivity contribution in [3.05, 3.63) is 35.4 Å². The molecule has 2 atom stereocenters. The number of aryl methyl sites for hydroxylation is 1. The average molecular weight is 201 g/mol. The molecule has 0 heterocycles. The summed E-state index contributed by atoms with van der Waals surface area (Å²) >= 11 is 0. The van der Waals surface area contributed by atoms with Gasteiger partial charge in [0.1, 0.15) is 0 Å². The summed E-state index contributed by atoms with van der Waals surface area (Å²) in [6.07, 6.45) is 6.39. The molecule has 1 heteroatoms. The van der Waals surface area contributed by atoms with Crippen LogP contribution in [-0.2, 0) is 0 Å². The molecule has 2 unspecified atom stereocenters. The van der Waals surface area contributed by atoms with Gasteiger partial charge in [-0.2, -0.15) is 0 Å². The molecule has 0 aromatic heterocycles. The fourth-order valence-corrected chi connectivity index (χ4v) is 1.54. The molecule has 0 radical (unpaired) electrons. The molecule has 0 saturated heterocycles. The summed E-state index contributed by atoms with van der Waals surface area (Å²) in [5.41, 5.74) is 2.57. The van der Waals surface area contributed by atoms with Crippen molar-refractivity contribution in [1.29, 1.82) is 0 Å². The van der Waals surface area contributed by atoms with Gasteiger partial charge in [-0.1, -0.05) is 42.7 Å². The summed E-state index contributed by atoms with van der Waals surface area (Å²) in [5, 5.41) is 3.42. The second-order valence-electron chi connectivity index (χ2n) is 3.93. The van der Waals surface area contributed by atoms with Gasteiger partial charge in [-0.25, -0.2) is 0 Å². The highest BCUT2D eigenvalue weighted by molar-refractivity contribution is 5.24. The van der Waals surface area contributed by atoms with E-state index in [0.29, 0.717) is 6.04 Å². The van der Waals surface area contributed by atoms with Gasteiger partial charge < -0.3 is 0 Å². The molecule has 0 spiro atoms. The van der Waals surface area contributed by atoms with Crippen LogP contribution in [0.4, 0.5) is 0 Å². The number of hydrogen-bond acceptors (Lipinski definition) is 1. The highest BCUT2D eigenvalue weighted by Crippen LogP contribution is 2.14. The van der Waals surface area contributed by atoms with E-state index in [2.05, 4.69) is 56.3 Å². The Labute approximate surface area is 92.9 Å². The molecule has 0 aliphatic rings. The monoisotopic (exact) mass is 201 g/mol. The summed E-state index contributed by atoms with van der Waals surface area (Å²) in [5.74, 6) is 2.75. The van der Waals surface area contributed by atoms with E-state index in [1.807, 2.05) is 0 Å². The number of nitrogens with one attached hydrogen (secondary N) is 1. The minimum Gasteiger partial charge on any atom is -0.297 e. The summed E-state index contributed by atoms with van der Waals surface area (Å²) in [7, 11) is 0. The fraction of sp³-hybridized carbons (Fsp3) is 0.429. The summed E-state index contributed by atoms with van der Waals surface area (Å²) < 4.78 is 0. The third-order valence-electron chi connectivity index (χ3n) is 2.64. The van der Waals surface area contributed by atoms with E-state index < -0.39 is 0 Å². The summed E-state index contributed by atoms with van der Waals surface area (Å²) in [6, 6.07) is 9.04. The molecule has 0 amide bonds. The lowest BCUT2D eigenvalue weighted by molar-refractivity contribution is 0.512. The average Bonchev–Trinajstić information content (AvgIpc) is 2.26. The highest BCUT2D eigenvalue weighted by Gasteiger charge is 2.08. The number of benzene rings is 1. The second kappa shape index (κ2) is 5.58. The fourth-order valence-electron chi connectivity index (χ4n) is 1.54. The molecular formula is C14H19N. The first kappa shape index (κ1) is 11.8. The molecule has 1 rings (SSSR count). The van der Waals surface area contributed by atoms with Crippen molar-refractivity contribution in [1.82, 2.24) is 5.32 Å². The highest BCUT2D eigenvalue weighted by atomic mass is 14.9. The Morgan fingerprint density at radius 3 is 2.40 bits per heavy atom. The molecule has 1 nitrogen and oxygen atoms in total. The molecule has 1 N–H and O–H groups in total. The first-order valence-corrected chi connectivity index (χ1v) is 5.46. The molecule has 80 valence electrons. The Morgan fingerprint density at radius 1 is 1.33 bits per heavy atom. The van der Waals surface area contributed by atoms with Crippen LogP contribution in [0.15, 0.2) is 24.3 Å². The van der Waals surface area contributed by atoms with Gasteiger partial charge >= 0.3 is 0 Å². The van der Waals surface area contributed by atoms with Crippen LogP contribution in [-0.4, -0.2) is 6.04 Å². The topological polar surface area (TPSA) is 12.0 Å². The predicted molar refractivity (Wildman–Crippen MR) is 65.6 cm³/mol. The Hall–Kier alpha value is -1.26. The second-order valence-corrected chi connectivity index (χ2v) is 3.93. The van der Waals surface area contributed by atoms with Gasteiger partial charge in [0.15, 0.2) is 0 Å². The standard InChI is InChI=1S/C14H19N/c1-5-14(6-2)15-12(4)13-9-7-11(3)8-10-13/h1,7-10,12,14-15H,6H2,2-4H3. The maximum Gasteiger partial charge on any atom is 0.0688 e. The van der Waals surface area contributed by atoms with Crippen LogP contribution in [0.3, 0.4) is 0 Å². The van der Waals surface area contributed by atoms with Gasteiger partial charge in [0.05, 0.1) is 6.04 Å². The van der Waals surface area contributed by atoms with Crippen molar-refractivity contribution in [2.45, 2.75) is 39.3 Å². The van der Waals surface area contributed by atoms with E-state index in [-0.39, 0.29) is 6.04 Å². The molecule has 0 bridgehead atoms. The lowest BCUT2D eigenvalue weighted by atomic mass is 10.1. The lowest BCUT2D eigenvalue weighted by Gasteiger charge is -2.18. The molecule has 1 aromatic rings. The van der Waals surface area contributed by atoms with Gasteiger partial charge in [0, 0.05) is 6.04 Å². The van der Waals surface area contributed by atoms with Gasteiger partial charge in [-0.3, -0.25) is 5.32 Å². The first-order chi connectivity index (χ1) is 7.17. The molecule has 15 heavy (non-hydrogen) atoms. The van der Waals surface area contributed by atoms with Crippen molar-refractivity contribution in [3.63, 3.8) is 0 Å². The third-order valence-corrected chi connectivity index (χ3v) is 2.64. The van der Waals surface area contributed by atoms with Gasteiger partial charge in [0.2, 0.25) is 0 Å². The van der Waals surface area contributed by atoms with Crippen molar-refractivity contribution in [2.24, 2.45) is 0 Å². The number of rotatable bonds is 4. The van der Waals surface area contributed by atoms with Crippen LogP contribution in [0, 0.1) is 19.3 Å². The van der Waals surface area contributed by atoms with E-state index in [9.17, 15) is 0 Å². The Balaban J connectivity index is 2.65. The number of hydrogen-bond donors (Lipinski definition) is 1. The minimum atomic E-state index is 0.168. The SMILES string of the molecule is C#CC(CC)NC(C)c1ccc(C)cc1. The van der Waals surface area contributed by atoms with Crippen molar-refractivity contribution in [2.75, 3.05) is 0 Å². The van der Waals surface area contributed by atoms with Crippen LogP contribution in [0.5, 0.6) is 0 Å². The van der Waals surface area contributed by atoms with Crippen LogP contribution in [0.1, 0.15) is 37.4 Å². The summed E-state index contributed by atoms with van der Waals surface area (Å²) in [6.45, 7) is 6.34. The van der Waals surface area contributed by atoms with Crippen LogP contribution >= 0.6 is 0 Å². The van der Waals surface area contributed by atoms with E-state index >= 15 is 0 Å². The first-order valence-electron chi connectivity index (χ1n) is 5.46. The molecule has 0 aliphatic heterocycles. The minimum absolute atomic E-state index is 0.168. The zero-order chi connectivity index (χ0) is 11.3. The van der Waals surface area contributed by atoms with E-state index in [1.165, 1.54) is 11.1 Å². The molecule has 0 saturated carbocycles. The Kier molecular flexibility index (Phi) is 4.39. The Morgan fingerprint density at radius 2 is 1.93 bits per heavy atom. The van der Waals surface area contributed by atoms with Gasteiger partial charge in [-0.15, -0.1) is 6.42 Å². The van der Waals surface area contributed by atoms with E-state index in [4.69, 9.17) is 6.42 Å². The predicted octanol–water partition coefficient (Wildman–Crippen LogP) is 3.06. The van der Waals surface area contributed by atoms with E-state index in [1.54, 1.807) is 0 Å². The smallest absolute Gasteiger partial charge is 0.0688 e. The molecule has 0 fully saturated rings. The third kappa shape index (κ3) is 3.42. The number of terminal acetylenes is 1. The lowest BCUT2D eigenvalue weighted by Crippen LogP contribution is -2.29. The maximum absolute atomic E-state index is 5.42. The Bertz CT molecular complexity index is 331. The van der Waals surface area contributed by atoms with Crippen LogP contribution in [0.25, 0.3) is 0 Å². The largest absolute Gasteiger partial charge is 0.297 e. The van der Waals surface area contributed by atoms with Crippen molar-refractivity contribution < 1.29 is 0 Å².